The molecule has 1 amide bonds. The molecule has 2 aromatic rings. The molecule has 1 saturated heterocycles. The average Bonchev–Trinajstić information content (AvgIpc) is 2.57. The van der Waals surface area contributed by atoms with Gasteiger partial charge in [0.25, 0.3) is 5.91 Å². The number of piperazine rings is 1. The SMILES string of the molecule is Cc1ccc(C(=O)Nc2ccc(N3CCN(C)CC3)c(N)c2)cc1. The van der Waals surface area contributed by atoms with Crippen molar-refractivity contribution in [2.45, 2.75) is 6.92 Å². The van der Waals surface area contributed by atoms with E-state index in [1.165, 1.54) is 0 Å². The number of nitrogens with two attached hydrogens (primary N) is 1. The molecule has 0 bridgehead atoms. The number of hydrogen-bond acceptors (Lipinski definition) is 4. The third kappa shape index (κ3) is 3.68. The van der Waals surface area contributed by atoms with Crippen LogP contribution in [0.25, 0.3) is 0 Å². The van der Waals surface area contributed by atoms with E-state index in [9.17, 15) is 4.79 Å². The molecule has 0 radical (unpaired) electrons. The van der Waals surface area contributed by atoms with Crippen LogP contribution in [0, 0.1) is 6.92 Å². The minimum atomic E-state index is -0.123. The average molecular weight is 324 g/mol. The predicted octanol–water partition coefficient (Wildman–Crippen LogP) is 2.58. The Kier molecular flexibility index (Phi) is 4.71. The molecule has 1 heterocycles. The first kappa shape index (κ1) is 16.3. The van der Waals surface area contributed by atoms with Crippen molar-refractivity contribution >= 4 is 23.0 Å². The highest BCUT2D eigenvalue weighted by Gasteiger charge is 2.16. The highest BCUT2D eigenvalue weighted by Crippen LogP contribution is 2.27. The van der Waals surface area contributed by atoms with E-state index in [1.807, 2.05) is 49.4 Å². The Bertz CT molecular complexity index is 719. The van der Waals surface area contributed by atoms with E-state index in [0.29, 0.717) is 11.3 Å². The van der Waals surface area contributed by atoms with E-state index in [1.54, 1.807) is 0 Å². The Morgan fingerprint density at radius 2 is 1.71 bits per heavy atom. The molecule has 1 fully saturated rings. The fourth-order valence-electron chi connectivity index (χ4n) is 2.88. The molecule has 0 spiro atoms. The molecule has 24 heavy (non-hydrogen) atoms. The lowest BCUT2D eigenvalue weighted by Crippen LogP contribution is -2.44. The summed E-state index contributed by atoms with van der Waals surface area (Å²) in [5.74, 6) is -0.123. The number of amides is 1. The summed E-state index contributed by atoms with van der Waals surface area (Å²) in [5.41, 5.74) is 10.4. The predicted molar refractivity (Wildman–Crippen MR) is 99.7 cm³/mol. The molecule has 5 nitrogen and oxygen atoms in total. The first-order chi connectivity index (χ1) is 11.5. The minimum Gasteiger partial charge on any atom is -0.397 e. The number of likely N-dealkylation sites (N-methyl/N-ethyl adjacent to an activating group) is 1. The van der Waals surface area contributed by atoms with Crippen molar-refractivity contribution in [3.05, 3.63) is 53.6 Å². The van der Waals surface area contributed by atoms with Crippen LogP contribution >= 0.6 is 0 Å². The summed E-state index contributed by atoms with van der Waals surface area (Å²) in [6.07, 6.45) is 0. The van der Waals surface area contributed by atoms with Gasteiger partial charge in [-0.2, -0.15) is 0 Å². The number of nitrogens with zero attached hydrogens (tertiary/aromatic N) is 2. The van der Waals surface area contributed by atoms with Crippen LogP contribution in [0.3, 0.4) is 0 Å². The minimum absolute atomic E-state index is 0.123. The molecular formula is C19H24N4O. The van der Waals surface area contributed by atoms with Gasteiger partial charge < -0.3 is 20.9 Å². The van der Waals surface area contributed by atoms with Crippen LogP contribution in [-0.2, 0) is 0 Å². The molecule has 5 heteroatoms. The summed E-state index contributed by atoms with van der Waals surface area (Å²) in [5, 5.41) is 2.91. The maximum atomic E-state index is 12.3. The van der Waals surface area contributed by atoms with E-state index in [4.69, 9.17) is 5.73 Å². The van der Waals surface area contributed by atoms with Gasteiger partial charge >= 0.3 is 0 Å². The van der Waals surface area contributed by atoms with Crippen LogP contribution in [0.5, 0.6) is 0 Å². The van der Waals surface area contributed by atoms with Crippen molar-refractivity contribution in [1.82, 2.24) is 4.90 Å². The topological polar surface area (TPSA) is 61.6 Å². The van der Waals surface area contributed by atoms with Crippen LogP contribution in [0.1, 0.15) is 15.9 Å². The maximum absolute atomic E-state index is 12.3. The summed E-state index contributed by atoms with van der Waals surface area (Å²) in [7, 11) is 2.13. The molecule has 0 atom stereocenters. The summed E-state index contributed by atoms with van der Waals surface area (Å²) in [4.78, 5) is 16.9. The normalized spacial score (nSPS) is 15.3. The standard InChI is InChI=1S/C19H24N4O/c1-14-3-5-15(6-4-14)19(24)21-16-7-8-18(17(20)13-16)23-11-9-22(2)10-12-23/h3-8,13H,9-12,20H2,1-2H3,(H,21,24). The van der Waals surface area contributed by atoms with Crippen LogP contribution in [0.2, 0.25) is 0 Å². The number of nitrogens with one attached hydrogen (secondary N) is 1. The molecule has 0 aliphatic carbocycles. The zero-order valence-corrected chi connectivity index (χ0v) is 14.2. The van der Waals surface area contributed by atoms with E-state index in [0.717, 1.165) is 43.1 Å². The van der Waals surface area contributed by atoms with Crippen LogP contribution < -0.4 is 16.0 Å². The zero-order valence-electron chi connectivity index (χ0n) is 14.2. The van der Waals surface area contributed by atoms with Gasteiger partial charge in [-0.3, -0.25) is 4.79 Å². The number of benzene rings is 2. The first-order valence-corrected chi connectivity index (χ1v) is 8.24. The maximum Gasteiger partial charge on any atom is 0.255 e. The Morgan fingerprint density at radius 3 is 2.33 bits per heavy atom. The molecule has 0 saturated carbocycles. The molecule has 3 rings (SSSR count). The third-order valence-corrected chi connectivity index (χ3v) is 4.44. The summed E-state index contributed by atoms with van der Waals surface area (Å²) in [6, 6.07) is 13.2. The second kappa shape index (κ2) is 6.93. The van der Waals surface area contributed by atoms with E-state index >= 15 is 0 Å². The largest absolute Gasteiger partial charge is 0.397 e. The van der Waals surface area contributed by atoms with E-state index in [-0.39, 0.29) is 5.91 Å². The highest BCUT2D eigenvalue weighted by atomic mass is 16.1. The zero-order chi connectivity index (χ0) is 17.1. The molecule has 1 aliphatic rings. The third-order valence-electron chi connectivity index (χ3n) is 4.44. The Hall–Kier alpha value is -2.53. The summed E-state index contributed by atoms with van der Waals surface area (Å²) < 4.78 is 0. The lowest BCUT2D eigenvalue weighted by Gasteiger charge is -2.34. The fourth-order valence-corrected chi connectivity index (χ4v) is 2.88. The van der Waals surface area contributed by atoms with E-state index < -0.39 is 0 Å². The molecular weight excluding hydrogens is 300 g/mol. The summed E-state index contributed by atoms with van der Waals surface area (Å²) >= 11 is 0. The molecule has 2 aromatic carbocycles. The molecule has 126 valence electrons. The Labute approximate surface area is 143 Å². The van der Waals surface area contributed by atoms with Crippen molar-refractivity contribution in [3.63, 3.8) is 0 Å². The fraction of sp³-hybridized carbons (Fsp3) is 0.316. The molecule has 3 N–H and O–H groups in total. The Morgan fingerprint density at radius 1 is 1.04 bits per heavy atom. The van der Waals surface area contributed by atoms with Crippen LogP contribution in [0.15, 0.2) is 42.5 Å². The second-order valence-electron chi connectivity index (χ2n) is 6.38. The number of anilines is 3. The second-order valence-corrected chi connectivity index (χ2v) is 6.38. The highest BCUT2D eigenvalue weighted by molar-refractivity contribution is 6.04. The quantitative estimate of drug-likeness (QED) is 0.852. The Balaban J connectivity index is 1.70. The molecule has 0 unspecified atom stereocenters. The van der Waals surface area contributed by atoms with Gasteiger partial charge in [0.15, 0.2) is 0 Å². The van der Waals surface area contributed by atoms with Gasteiger partial charge in [-0.15, -0.1) is 0 Å². The van der Waals surface area contributed by atoms with Crippen molar-refractivity contribution in [2.24, 2.45) is 0 Å². The van der Waals surface area contributed by atoms with Crippen molar-refractivity contribution in [3.8, 4) is 0 Å². The smallest absolute Gasteiger partial charge is 0.255 e. The van der Waals surface area contributed by atoms with Gasteiger partial charge in [0.2, 0.25) is 0 Å². The monoisotopic (exact) mass is 324 g/mol. The number of rotatable bonds is 3. The number of carbonyl (C=O) groups excluding carboxylic acids is 1. The summed E-state index contributed by atoms with van der Waals surface area (Å²) in [6.45, 7) is 6.00. The van der Waals surface area contributed by atoms with Gasteiger partial charge in [0.05, 0.1) is 11.4 Å². The van der Waals surface area contributed by atoms with E-state index in [2.05, 4.69) is 22.2 Å². The molecule has 0 aromatic heterocycles. The van der Waals surface area contributed by atoms with Gasteiger partial charge in [-0.1, -0.05) is 17.7 Å². The van der Waals surface area contributed by atoms with Gasteiger partial charge in [-0.05, 0) is 44.3 Å². The van der Waals surface area contributed by atoms with Gasteiger partial charge in [0, 0.05) is 37.4 Å². The number of aryl methyl sites for hydroxylation is 1. The van der Waals surface area contributed by atoms with Gasteiger partial charge in [0.1, 0.15) is 0 Å². The van der Waals surface area contributed by atoms with Crippen molar-refractivity contribution < 1.29 is 4.79 Å². The first-order valence-electron chi connectivity index (χ1n) is 8.24. The van der Waals surface area contributed by atoms with Gasteiger partial charge in [-0.25, -0.2) is 0 Å². The number of carbonyl (C=O) groups is 1. The lowest BCUT2D eigenvalue weighted by molar-refractivity contribution is 0.102. The lowest BCUT2D eigenvalue weighted by atomic mass is 10.1. The van der Waals surface area contributed by atoms with Crippen LogP contribution in [0.4, 0.5) is 17.1 Å². The number of hydrogen-bond donors (Lipinski definition) is 2. The van der Waals surface area contributed by atoms with Crippen molar-refractivity contribution in [2.75, 3.05) is 49.2 Å². The molecule has 1 aliphatic heterocycles. The van der Waals surface area contributed by atoms with Crippen LogP contribution in [-0.4, -0.2) is 44.0 Å². The van der Waals surface area contributed by atoms with Crippen molar-refractivity contribution in [1.29, 1.82) is 0 Å². The number of nitrogen functional groups attached to an aromatic ring is 1.